The van der Waals surface area contributed by atoms with Crippen LogP contribution in [0.25, 0.3) is 0 Å². The lowest BCUT2D eigenvalue weighted by atomic mass is 10.0. The Kier molecular flexibility index (Phi) is 41.5. The minimum Gasteiger partial charge on any atom is -0.394 e. The van der Waals surface area contributed by atoms with Crippen LogP contribution in [0.3, 0.4) is 0 Å². The van der Waals surface area contributed by atoms with Crippen LogP contribution in [0.1, 0.15) is 187 Å². The molecule has 3 N–H and O–H groups in total. The van der Waals surface area contributed by atoms with Gasteiger partial charge in [0.15, 0.2) is 0 Å². The lowest BCUT2D eigenvalue weighted by molar-refractivity contribution is -0.123. The molecule has 0 aliphatic heterocycles. The predicted molar refractivity (Wildman–Crippen MR) is 234 cm³/mol. The van der Waals surface area contributed by atoms with Crippen LogP contribution in [0.4, 0.5) is 0 Å². The number of aliphatic hydroxyl groups is 2. The van der Waals surface area contributed by atoms with Gasteiger partial charge >= 0.3 is 0 Å². The third kappa shape index (κ3) is 40.3. The first-order valence-electron chi connectivity index (χ1n) is 21.9. The third-order valence-corrected chi connectivity index (χ3v) is 9.36. The smallest absolute Gasteiger partial charge is 0.220 e. The van der Waals surface area contributed by atoms with E-state index in [9.17, 15) is 15.0 Å². The summed E-state index contributed by atoms with van der Waals surface area (Å²) in [5, 5.41) is 23.0. The van der Waals surface area contributed by atoms with E-state index in [4.69, 9.17) is 0 Å². The van der Waals surface area contributed by atoms with Crippen molar-refractivity contribution < 1.29 is 15.0 Å². The number of unbranched alkanes of at least 4 members (excludes halogenated alkanes) is 15. The summed E-state index contributed by atoms with van der Waals surface area (Å²) in [6, 6.07) is -0.549. The van der Waals surface area contributed by atoms with Crippen molar-refractivity contribution in [2.45, 2.75) is 199 Å². The van der Waals surface area contributed by atoms with Crippen molar-refractivity contribution in [3.8, 4) is 0 Å². The van der Waals surface area contributed by atoms with Gasteiger partial charge in [0.25, 0.3) is 0 Å². The number of allylic oxidation sites excluding steroid dienone is 16. The topological polar surface area (TPSA) is 69.6 Å². The molecule has 0 saturated carbocycles. The lowest BCUT2D eigenvalue weighted by Crippen LogP contribution is -2.45. The number of rotatable bonds is 38. The van der Waals surface area contributed by atoms with Crippen molar-refractivity contribution >= 4 is 5.91 Å². The van der Waals surface area contributed by atoms with Crippen molar-refractivity contribution in [3.63, 3.8) is 0 Å². The highest BCUT2D eigenvalue weighted by Gasteiger charge is 2.19. The molecule has 0 aromatic rings. The van der Waals surface area contributed by atoms with Crippen LogP contribution in [0.5, 0.6) is 0 Å². The summed E-state index contributed by atoms with van der Waals surface area (Å²) in [6.07, 6.45) is 64.8. The number of aliphatic hydroxyl groups excluding tert-OH is 2. The number of nitrogens with one attached hydrogen (secondary N) is 1. The van der Waals surface area contributed by atoms with Crippen LogP contribution in [-0.4, -0.2) is 34.9 Å². The molecule has 4 heteroatoms. The number of carbonyl (C=O) groups is 1. The number of carbonyl (C=O) groups excluding carboxylic acids is 1. The first kappa shape index (κ1) is 50.3. The van der Waals surface area contributed by atoms with E-state index < -0.39 is 12.1 Å². The molecule has 0 fully saturated rings. The average molecular weight is 734 g/mol. The molecule has 0 saturated heterocycles. The van der Waals surface area contributed by atoms with E-state index in [1.54, 1.807) is 0 Å². The molecule has 2 atom stereocenters. The Morgan fingerprint density at radius 2 is 0.830 bits per heavy atom. The van der Waals surface area contributed by atoms with Gasteiger partial charge < -0.3 is 15.5 Å². The van der Waals surface area contributed by atoms with Crippen LogP contribution >= 0.6 is 0 Å². The summed E-state index contributed by atoms with van der Waals surface area (Å²) in [5.74, 6) is -0.0530. The third-order valence-electron chi connectivity index (χ3n) is 9.36. The van der Waals surface area contributed by atoms with Gasteiger partial charge in [0.1, 0.15) is 0 Å². The normalized spacial score (nSPS) is 14.0. The van der Waals surface area contributed by atoms with Crippen molar-refractivity contribution in [2.24, 2.45) is 0 Å². The fraction of sp³-hybridized carbons (Fsp3) is 0.653. The second-order valence-electron chi connectivity index (χ2n) is 14.4. The van der Waals surface area contributed by atoms with E-state index in [0.29, 0.717) is 12.8 Å². The molecule has 0 radical (unpaired) electrons. The zero-order chi connectivity index (χ0) is 38.6. The van der Waals surface area contributed by atoms with E-state index in [-0.39, 0.29) is 12.5 Å². The Bertz CT molecular complexity index is 1010. The minimum atomic E-state index is -0.670. The quantitative estimate of drug-likeness (QED) is 0.0437. The van der Waals surface area contributed by atoms with E-state index in [1.807, 2.05) is 0 Å². The number of hydrogen-bond donors (Lipinski definition) is 3. The molecule has 0 aliphatic carbocycles. The summed E-state index contributed by atoms with van der Waals surface area (Å²) >= 11 is 0. The van der Waals surface area contributed by atoms with Crippen molar-refractivity contribution in [3.05, 3.63) is 97.2 Å². The molecule has 0 rings (SSSR count). The molecule has 302 valence electrons. The largest absolute Gasteiger partial charge is 0.394 e. The lowest BCUT2D eigenvalue weighted by Gasteiger charge is -2.22. The van der Waals surface area contributed by atoms with Gasteiger partial charge in [0, 0.05) is 6.42 Å². The van der Waals surface area contributed by atoms with E-state index in [2.05, 4.69) is 116 Å². The molecular formula is C49H83NO3. The highest BCUT2D eigenvalue weighted by Crippen LogP contribution is 2.14. The molecular weight excluding hydrogens is 651 g/mol. The van der Waals surface area contributed by atoms with Crippen LogP contribution in [0.2, 0.25) is 0 Å². The zero-order valence-corrected chi connectivity index (χ0v) is 34.5. The van der Waals surface area contributed by atoms with Gasteiger partial charge in [-0.3, -0.25) is 4.79 Å². The summed E-state index contributed by atoms with van der Waals surface area (Å²) < 4.78 is 0. The number of amides is 1. The minimum absolute atomic E-state index is 0.0530. The van der Waals surface area contributed by atoms with Gasteiger partial charge in [-0.2, -0.15) is 0 Å². The predicted octanol–water partition coefficient (Wildman–Crippen LogP) is 13.8. The summed E-state index contributed by atoms with van der Waals surface area (Å²) in [7, 11) is 0. The Hall–Kier alpha value is -2.69. The second kappa shape index (κ2) is 43.7. The van der Waals surface area contributed by atoms with E-state index >= 15 is 0 Å². The Labute approximate surface area is 328 Å². The molecule has 0 spiro atoms. The van der Waals surface area contributed by atoms with Crippen LogP contribution in [0, 0.1) is 0 Å². The fourth-order valence-corrected chi connectivity index (χ4v) is 6.02. The molecule has 1 amide bonds. The maximum atomic E-state index is 12.4. The van der Waals surface area contributed by atoms with Crippen molar-refractivity contribution in [1.82, 2.24) is 5.32 Å². The van der Waals surface area contributed by atoms with Crippen molar-refractivity contribution in [2.75, 3.05) is 6.61 Å². The van der Waals surface area contributed by atoms with Crippen LogP contribution in [0.15, 0.2) is 97.2 Å². The molecule has 0 bridgehead atoms. The van der Waals surface area contributed by atoms with Gasteiger partial charge in [-0.15, -0.1) is 0 Å². The van der Waals surface area contributed by atoms with Gasteiger partial charge in [-0.05, 0) is 77.0 Å². The molecule has 0 aromatic carbocycles. The van der Waals surface area contributed by atoms with Gasteiger partial charge in [-0.1, -0.05) is 201 Å². The molecule has 53 heavy (non-hydrogen) atoms. The van der Waals surface area contributed by atoms with Gasteiger partial charge in [0.2, 0.25) is 5.91 Å². The van der Waals surface area contributed by atoms with Gasteiger partial charge in [-0.25, -0.2) is 0 Å². The number of hydrogen-bond acceptors (Lipinski definition) is 3. The Balaban J connectivity index is 3.64. The highest BCUT2D eigenvalue weighted by molar-refractivity contribution is 5.76. The Morgan fingerprint density at radius 3 is 1.25 bits per heavy atom. The van der Waals surface area contributed by atoms with Crippen LogP contribution in [-0.2, 0) is 4.79 Å². The molecule has 0 aliphatic rings. The molecule has 0 aromatic heterocycles. The molecule has 4 nitrogen and oxygen atoms in total. The monoisotopic (exact) mass is 734 g/mol. The average Bonchev–Trinajstić information content (AvgIpc) is 3.16. The van der Waals surface area contributed by atoms with Crippen LogP contribution < -0.4 is 5.32 Å². The van der Waals surface area contributed by atoms with Crippen molar-refractivity contribution in [1.29, 1.82) is 0 Å². The fourth-order valence-electron chi connectivity index (χ4n) is 6.02. The van der Waals surface area contributed by atoms with E-state index in [0.717, 1.165) is 89.9 Å². The molecule has 0 heterocycles. The zero-order valence-electron chi connectivity index (χ0n) is 34.5. The Morgan fingerprint density at radius 1 is 0.472 bits per heavy atom. The first-order chi connectivity index (χ1) is 26.2. The standard InChI is InChI=1S/C49H83NO3/c1-3-5-7-9-11-13-15-16-17-18-19-20-21-22-23-24-25-26-27-28-29-30-31-32-33-34-35-37-39-41-43-45-49(53)50-47(46-51)48(52)44-42-40-38-36-14-12-10-8-6-4-2/h5,7,11,13,16-17,19-20,22-23,25-26,28-29,31-32,47-48,51-52H,3-4,6,8-10,12,14-15,18,21,24,27,30,33-46H2,1-2H3,(H,50,53)/b7-5-,13-11-,17-16-,20-19-,23-22-,26-25-,29-28-,32-31-. The maximum absolute atomic E-state index is 12.4. The molecule has 2 unspecified atom stereocenters. The summed E-state index contributed by atoms with van der Waals surface area (Å²) in [4.78, 5) is 12.4. The SMILES string of the molecule is CC/C=C\C/C=C\C/C=C\C/C=C\C/C=C\C/C=C\C/C=C\C/C=C\CCCCCCCCC(=O)NC(CO)C(O)CCCCCCCCCCCC. The summed E-state index contributed by atoms with van der Waals surface area (Å²) in [5.41, 5.74) is 0. The van der Waals surface area contributed by atoms with E-state index in [1.165, 1.54) is 70.6 Å². The summed E-state index contributed by atoms with van der Waals surface area (Å²) in [6.45, 7) is 4.20. The first-order valence-corrected chi connectivity index (χ1v) is 21.9. The highest BCUT2D eigenvalue weighted by atomic mass is 16.3. The maximum Gasteiger partial charge on any atom is 0.220 e. The van der Waals surface area contributed by atoms with Gasteiger partial charge in [0.05, 0.1) is 18.8 Å². The second-order valence-corrected chi connectivity index (χ2v) is 14.4.